The molecule has 0 bridgehead atoms. The maximum Gasteiger partial charge on any atom is 0.151 e. The van der Waals surface area contributed by atoms with Crippen molar-refractivity contribution in [3.05, 3.63) is 36.3 Å². The summed E-state index contributed by atoms with van der Waals surface area (Å²) in [4.78, 5) is 6.37. The smallest absolute Gasteiger partial charge is 0.151 e. The van der Waals surface area contributed by atoms with Crippen LogP contribution in [0.25, 0.3) is 0 Å². The number of pyridine rings is 1. The van der Waals surface area contributed by atoms with Crippen LogP contribution in [0.5, 0.6) is 0 Å². The van der Waals surface area contributed by atoms with Gasteiger partial charge in [0, 0.05) is 44.6 Å². The Morgan fingerprint density at radius 3 is 2.79 bits per heavy atom. The van der Waals surface area contributed by atoms with Gasteiger partial charge >= 0.3 is 0 Å². The minimum atomic E-state index is 0.393. The zero-order valence-electron chi connectivity index (χ0n) is 12.0. The van der Waals surface area contributed by atoms with Crippen LogP contribution >= 0.6 is 0 Å². The number of nitrogens with one attached hydrogen (secondary N) is 1. The van der Waals surface area contributed by atoms with Crippen LogP contribution < -0.4 is 10.2 Å². The van der Waals surface area contributed by atoms with Crippen molar-refractivity contribution in [1.29, 1.82) is 0 Å². The van der Waals surface area contributed by atoms with E-state index in [9.17, 15) is 0 Å². The molecule has 0 aromatic carbocycles. The van der Waals surface area contributed by atoms with Crippen LogP contribution in [0.4, 0.5) is 11.5 Å². The molecule has 5 heteroatoms. The Hall–Kier alpha value is -2.04. The summed E-state index contributed by atoms with van der Waals surface area (Å²) in [6.07, 6.45) is 5.78. The maximum absolute atomic E-state index is 4.37. The number of aromatic nitrogens is 3. The molecule has 0 amide bonds. The molecule has 0 unspecified atom stereocenters. The number of hydrogen-bond acceptors (Lipinski definition) is 4. The highest BCUT2D eigenvalue weighted by Crippen LogP contribution is 2.21. The summed E-state index contributed by atoms with van der Waals surface area (Å²) < 4.78 is 1.97. The molecular weight excluding hydrogens is 238 g/mol. The second-order valence-electron chi connectivity index (χ2n) is 5.04. The van der Waals surface area contributed by atoms with Crippen LogP contribution in [0.15, 0.2) is 30.7 Å². The van der Waals surface area contributed by atoms with E-state index in [0.717, 1.165) is 18.1 Å². The fourth-order valence-corrected chi connectivity index (χ4v) is 1.84. The van der Waals surface area contributed by atoms with Gasteiger partial charge in [-0.15, -0.1) is 0 Å². The van der Waals surface area contributed by atoms with Gasteiger partial charge in [-0.2, -0.15) is 5.10 Å². The topological polar surface area (TPSA) is 46.0 Å². The van der Waals surface area contributed by atoms with Gasteiger partial charge in [0.1, 0.15) is 0 Å². The van der Waals surface area contributed by atoms with Gasteiger partial charge in [0.15, 0.2) is 5.82 Å². The summed E-state index contributed by atoms with van der Waals surface area (Å²) in [5, 5.41) is 7.74. The molecule has 2 heterocycles. The first-order valence-electron chi connectivity index (χ1n) is 6.47. The summed E-state index contributed by atoms with van der Waals surface area (Å²) in [5.41, 5.74) is 2.20. The lowest BCUT2D eigenvalue weighted by molar-refractivity contribution is 0.532. The van der Waals surface area contributed by atoms with Gasteiger partial charge in [0.2, 0.25) is 0 Å². The molecule has 0 aliphatic heterocycles. The molecule has 2 aromatic rings. The van der Waals surface area contributed by atoms with E-state index in [1.54, 1.807) is 6.20 Å². The van der Waals surface area contributed by atoms with E-state index in [2.05, 4.69) is 35.4 Å². The number of nitrogens with zero attached hydrogens (tertiary/aromatic N) is 4. The molecule has 2 aromatic heterocycles. The Balaban J connectivity index is 2.06. The van der Waals surface area contributed by atoms with Crippen molar-refractivity contribution in [1.82, 2.24) is 14.8 Å². The van der Waals surface area contributed by atoms with Crippen LogP contribution in [0, 0.1) is 0 Å². The Morgan fingerprint density at radius 2 is 2.16 bits per heavy atom. The first-order valence-corrected chi connectivity index (χ1v) is 6.47. The van der Waals surface area contributed by atoms with E-state index >= 15 is 0 Å². The van der Waals surface area contributed by atoms with Crippen molar-refractivity contribution in [3.63, 3.8) is 0 Å². The summed E-state index contributed by atoms with van der Waals surface area (Å²) in [7, 11) is 3.98. The molecule has 0 saturated carbocycles. The summed E-state index contributed by atoms with van der Waals surface area (Å²) in [6.45, 7) is 4.99. The second kappa shape index (κ2) is 5.73. The molecule has 0 atom stereocenters. The Morgan fingerprint density at radius 1 is 1.37 bits per heavy atom. The predicted molar refractivity (Wildman–Crippen MR) is 78.5 cm³/mol. The fraction of sp³-hybridized carbons (Fsp3) is 0.429. The van der Waals surface area contributed by atoms with Gasteiger partial charge in [-0.05, 0) is 26.0 Å². The highest BCUT2D eigenvalue weighted by molar-refractivity contribution is 5.64. The van der Waals surface area contributed by atoms with Crippen LogP contribution in [0.1, 0.15) is 25.5 Å². The molecule has 5 nitrogen and oxygen atoms in total. The Bertz CT molecular complexity index is 530. The number of anilines is 2. The summed E-state index contributed by atoms with van der Waals surface area (Å²) in [5.74, 6) is 0.943. The maximum atomic E-state index is 4.37. The molecule has 0 fully saturated rings. The van der Waals surface area contributed by atoms with E-state index in [1.165, 1.54) is 5.56 Å². The van der Waals surface area contributed by atoms with Crippen molar-refractivity contribution < 1.29 is 0 Å². The van der Waals surface area contributed by atoms with Crippen LogP contribution in [0.2, 0.25) is 0 Å². The third-order valence-electron chi connectivity index (χ3n) is 2.88. The molecule has 0 radical (unpaired) electrons. The second-order valence-corrected chi connectivity index (χ2v) is 5.04. The molecule has 19 heavy (non-hydrogen) atoms. The minimum absolute atomic E-state index is 0.393. The number of hydrogen-bond donors (Lipinski definition) is 1. The third-order valence-corrected chi connectivity index (χ3v) is 2.88. The third kappa shape index (κ3) is 3.24. The van der Waals surface area contributed by atoms with Crippen molar-refractivity contribution in [2.24, 2.45) is 0 Å². The quantitative estimate of drug-likeness (QED) is 0.896. The predicted octanol–water partition coefficient (Wildman–Crippen LogP) is 2.54. The van der Waals surface area contributed by atoms with Crippen molar-refractivity contribution in [2.45, 2.75) is 26.4 Å². The molecule has 0 saturated heterocycles. The molecule has 1 N–H and O–H groups in total. The minimum Gasteiger partial charge on any atom is -0.378 e. The molecule has 102 valence electrons. The lowest BCUT2D eigenvalue weighted by Crippen LogP contribution is -2.13. The summed E-state index contributed by atoms with van der Waals surface area (Å²) in [6, 6.07) is 4.37. The van der Waals surface area contributed by atoms with Crippen LogP contribution in [-0.2, 0) is 6.54 Å². The van der Waals surface area contributed by atoms with Gasteiger partial charge in [-0.25, -0.2) is 4.98 Å². The van der Waals surface area contributed by atoms with E-state index in [1.807, 2.05) is 42.0 Å². The zero-order chi connectivity index (χ0) is 13.8. The first-order chi connectivity index (χ1) is 9.08. The first kappa shape index (κ1) is 13.4. The Kier molecular flexibility index (Phi) is 4.04. The SMILES string of the molecule is CC(C)n1cc(CNc2cccnc2N(C)C)cn1. The van der Waals surface area contributed by atoms with E-state index < -0.39 is 0 Å². The van der Waals surface area contributed by atoms with Gasteiger partial charge in [-0.3, -0.25) is 4.68 Å². The van der Waals surface area contributed by atoms with Crippen LogP contribution in [-0.4, -0.2) is 28.9 Å². The molecular formula is C14H21N5. The standard InChI is InChI=1S/C14H21N5/c1-11(2)19-10-12(9-17-19)8-16-13-6-5-7-15-14(13)18(3)4/h5-7,9-11,16H,8H2,1-4H3. The lowest BCUT2D eigenvalue weighted by Gasteiger charge is -2.16. The highest BCUT2D eigenvalue weighted by Gasteiger charge is 2.06. The van der Waals surface area contributed by atoms with Gasteiger partial charge in [0.05, 0.1) is 11.9 Å². The highest BCUT2D eigenvalue weighted by atomic mass is 15.3. The monoisotopic (exact) mass is 259 g/mol. The normalized spacial score (nSPS) is 10.8. The molecule has 0 aliphatic rings. The van der Waals surface area contributed by atoms with E-state index in [-0.39, 0.29) is 0 Å². The zero-order valence-corrected chi connectivity index (χ0v) is 12.0. The van der Waals surface area contributed by atoms with E-state index in [4.69, 9.17) is 0 Å². The Labute approximate surface area is 114 Å². The molecule has 0 spiro atoms. The van der Waals surface area contributed by atoms with Crippen molar-refractivity contribution in [3.8, 4) is 0 Å². The number of rotatable bonds is 5. The summed E-state index contributed by atoms with van der Waals surface area (Å²) >= 11 is 0. The molecule has 2 rings (SSSR count). The van der Waals surface area contributed by atoms with E-state index in [0.29, 0.717) is 6.04 Å². The average molecular weight is 259 g/mol. The van der Waals surface area contributed by atoms with Crippen molar-refractivity contribution >= 4 is 11.5 Å². The average Bonchev–Trinajstić information content (AvgIpc) is 2.85. The largest absolute Gasteiger partial charge is 0.378 e. The lowest BCUT2D eigenvalue weighted by atomic mass is 10.3. The fourth-order valence-electron chi connectivity index (χ4n) is 1.84. The molecule has 0 aliphatic carbocycles. The van der Waals surface area contributed by atoms with Gasteiger partial charge < -0.3 is 10.2 Å². The van der Waals surface area contributed by atoms with Crippen LogP contribution in [0.3, 0.4) is 0 Å². The van der Waals surface area contributed by atoms with Gasteiger partial charge in [0.25, 0.3) is 0 Å². The van der Waals surface area contributed by atoms with Crippen molar-refractivity contribution in [2.75, 3.05) is 24.3 Å². The van der Waals surface area contributed by atoms with Gasteiger partial charge in [-0.1, -0.05) is 0 Å².